The second kappa shape index (κ2) is 10.5. The Labute approximate surface area is 208 Å². The molecule has 0 spiro atoms. The molecule has 35 heavy (non-hydrogen) atoms. The van der Waals surface area contributed by atoms with Crippen LogP contribution in [-0.4, -0.2) is 20.8 Å². The Bertz CT molecular complexity index is 1310. The smallest absolute Gasteiger partial charge is 0.124 e. The molecule has 0 atom stereocenters. The molecule has 3 nitrogen and oxygen atoms in total. The van der Waals surface area contributed by atoms with E-state index in [0.717, 1.165) is 43.0 Å². The zero-order valence-corrected chi connectivity index (χ0v) is 20.4. The van der Waals surface area contributed by atoms with Crippen molar-refractivity contribution in [3.63, 3.8) is 0 Å². The van der Waals surface area contributed by atoms with E-state index in [1.165, 1.54) is 33.4 Å². The summed E-state index contributed by atoms with van der Waals surface area (Å²) in [6, 6.07) is 32.0. The number of methoxy groups -OCH3 is 2. The molecule has 0 fully saturated rings. The van der Waals surface area contributed by atoms with Crippen LogP contribution >= 0.6 is 0 Å². The van der Waals surface area contributed by atoms with Crippen molar-refractivity contribution in [2.75, 3.05) is 25.7 Å². The minimum atomic E-state index is 0.855. The van der Waals surface area contributed by atoms with Crippen molar-refractivity contribution in [3.8, 4) is 11.5 Å². The highest BCUT2D eigenvalue weighted by Gasteiger charge is 2.18. The molecule has 5 rings (SSSR count). The molecule has 1 aliphatic rings. The maximum absolute atomic E-state index is 5.79. The minimum absolute atomic E-state index is 0.855. The highest BCUT2D eigenvalue weighted by Crippen LogP contribution is 2.33. The van der Waals surface area contributed by atoms with Gasteiger partial charge in [-0.1, -0.05) is 72.8 Å². The van der Waals surface area contributed by atoms with Gasteiger partial charge in [0.1, 0.15) is 11.5 Å². The molecule has 0 radical (unpaired) electrons. The Hall–Kier alpha value is -3.98. The summed E-state index contributed by atoms with van der Waals surface area (Å²) in [5.41, 5.74) is 8.80. The van der Waals surface area contributed by atoms with Gasteiger partial charge >= 0.3 is 0 Å². The maximum Gasteiger partial charge on any atom is 0.124 e. The quantitative estimate of drug-likeness (QED) is 0.298. The molecular formula is C32H31NO2. The second-order valence-electron chi connectivity index (χ2n) is 8.89. The predicted molar refractivity (Wildman–Crippen MR) is 145 cm³/mol. The van der Waals surface area contributed by atoms with Crippen LogP contribution in [0.1, 0.15) is 33.4 Å². The van der Waals surface area contributed by atoms with Crippen LogP contribution in [0.4, 0.5) is 5.69 Å². The van der Waals surface area contributed by atoms with Crippen molar-refractivity contribution < 1.29 is 9.47 Å². The Balaban J connectivity index is 1.40. The van der Waals surface area contributed by atoms with Crippen LogP contribution in [0.5, 0.6) is 11.5 Å². The minimum Gasteiger partial charge on any atom is -0.496 e. The van der Waals surface area contributed by atoms with E-state index in [2.05, 4.69) is 102 Å². The van der Waals surface area contributed by atoms with Crippen molar-refractivity contribution >= 4 is 11.8 Å². The zero-order valence-electron chi connectivity index (χ0n) is 20.4. The fourth-order valence-corrected chi connectivity index (χ4v) is 4.89. The van der Waals surface area contributed by atoms with Gasteiger partial charge in [-0.2, -0.15) is 0 Å². The van der Waals surface area contributed by atoms with Crippen molar-refractivity contribution in [2.45, 2.75) is 19.3 Å². The lowest BCUT2D eigenvalue weighted by Gasteiger charge is -2.22. The van der Waals surface area contributed by atoms with Crippen LogP contribution in [0.15, 0.2) is 97.2 Å². The fourth-order valence-electron chi connectivity index (χ4n) is 4.89. The first kappa shape index (κ1) is 22.8. The number of hydrogen-bond donors (Lipinski definition) is 0. The van der Waals surface area contributed by atoms with Crippen LogP contribution in [0.3, 0.4) is 0 Å². The molecule has 176 valence electrons. The molecule has 4 aromatic rings. The molecule has 0 saturated heterocycles. The number of hydrogen-bond acceptors (Lipinski definition) is 3. The van der Waals surface area contributed by atoms with Crippen LogP contribution in [0.2, 0.25) is 0 Å². The van der Waals surface area contributed by atoms with E-state index < -0.39 is 0 Å². The van der Waals surface area contributed by atoms with Gasteiger partial charge in [0.25, 0.3) is 0 Å². The van der Waals surface area contributed by atoms with Gasteiger partial charge < -0.3 is 14.4 Å². The summed E-state index contributed by atoms with van der Waals surface area (Å²) in [7, 11) is 3.52. The fraction of sp³-hybridized carbons (Fsp3) is 0.188. The van der Waals surface area contributed by atoms with Gasteiger partial charge in [-0.3, -0.25) is 0 Å². The topological polar surface area (TPSA) is 21.7 Å². The van der Waals surface area contributed by atoms with E-state index >= 15 is 0 Å². The van der Waals surface area contributed by atoms with Crippen molar-refractivity contribution in [2.24, 2.45) is 0 Å². The van der Waals surface area contributed by atoms with Gasteiger partial charge in [0.15, 0.2) is 0 Å². The van der Waals surface area contributed by atoms with Gasteiger partial charge in [0.2, 0.25) is 0 Å². The van der Waals surface area contributed by atoms with Crippen molar-refractivity contribution in [1.29, 1.82) is 0 Å². The summed E-state index contributed by atoms with van der Waals surface area (Å²) in [5, 5.41) is 0. The normalized spacial score (nSPS) is 12.7. The third-order valence-electron chi connectivity index (χ3n) is 6.74. The summed E-state index contributed by atoms with van der Waals surface area (Å²) in [6.45, 7) is 0.889. The Morgan fingerprint density at radius 3 is 2.09 bits per heavy atom. The van der Waals surface area contributed by atoms with Crippen LogP contribution < -0.4 is 14.4 Å². The van der Waals surface area contributed by atoms with Gasteiger partial charge in [-0.05, 0) is 52.4 Å². The Morgan fingerprint density at radius 1 is 0.714 bits per heavy atom. The highest BCUT2D eigenvalue weighted by molar-refractivity contribution is 5.66. The Morgan fingerprint density at radius 2 is 1.40 bits per heavy atom. The highest BCUT2D eigenvalue weighted by atomic mass is 16.5. The number of anilines is 1. The molecule has 0 amide bonds. The monoisotopic (exact) mass is 461 g/mol. The molecule has 0 N–H and O–H groups in total. The number of fused-ring (bicyclic) bond motifs is 1. The third kappa shape index (κ3) is 5.09. The molecule has 0 aromatic heterocycles. The SMILES string of the molecule is COc1cc(N2C=Cc3ccc(OC)c(Cc4ccccc4)c3CC2)ccc1Cc1ccccc1. The largest absolute Gasteiger partial charge is 0.496 e. The summed E-state index contributed by atoms with van der Waals surface area (Å²) >= 11 is 0. The summed E-state index contributed by atoms with van der Waals surface area (Å²) in [5.74, 6) is 1.88. The van der Waals surface area contributed by atoms with Crippen LogP contribution in [0, 0.1) is 0 Å². The van der Waals surface area contributed by atoms with E-state index in [9.17, 15) is 0 Å². The number of nitrogens with zero attached hydrogens (tertiary/aromatic N) is 1. The van der Waals surface area contributed by atoms with Crippen molar-refractivity contribution in [3.05, 3.63) is 131 Å². The molecule has 4 aromatic carbocycles. The van der Waals surface area contributed by atoms with E-state index in [-0.39, 0.29) is 0 Å². The summed E-state index contributed by atoms with van der Waals surface area (Å²) in [4.78, 5) is 2.31. The lowest BCUT2D eigenvalue weighted by molar-refractivity contribution is 0.410. The van der Waals surface area contributed by atoms with Crippen LogP contribution in [0.25, 0.3) is 6.08 Å². The molecule has 0 saturated carbocycles. The number of ether oxygens (including phenoxy) is 2. The van der Waals surface area contributed by atoms with E-state index in [4.69, 9.17) is 9.47 Å². The van der Waals surface area contributed by atoms with E-state index in [0.29, 0.717) is 0 Å². The molecule has 0 unspecified atom stereocenters. The lowest BCUT2D eigenvalue weighted by Crippen LogP contribution is -2.18. The Kier molecular flexibility index (Phi) is 6.85. The molecule has 0 aliphatic carbocycles. The standard InChI is InChI=1S/C32H31NO2/c1-34-31-16-14-26-17-19-33(20-18-29(26)30(31)22-25-11-7-4-8-12-25)28-15-13-27(32(23-28)35-2)21-24-9-5-3-6-10-24/h3-17,19,23H,18,20-22H2,1-2H3. The van der Waals surface area contributed by atoms with Gasteiger partial charge in [-0.15, -0.1) is 0 Å². The third-order valence-corrected chi connectivity index (χ3v) is 6.74. The molecular weight excluding hydrogens is 430 g/mol. The van der Waals surface area contributed by atoms with Gasteiger partial charge in [0, 0.05) is 42.9 Å². The zero-order chi connectivity index (χ0) is 24.0. The van der Waals surface area contributed by atoms with Gasteiger partial charge in [0.05, 0.1) is 14.2 Å². The van der Waals surface area contributed by atoms with E-state index in [1.54, 1.807) is 14.2 Å². The average molecular weight is 462 g/mol. The number of benzene rings is 4. The average Bonchev–Trinajstić information content (AvgIpc) is 3.13. The first-order valence-corrected chi connectivity index (χ1v) is 12.1. The maximum atomic E-state index is 5.79. The molecule has 3 heteroatoms. The first-order valence-electron chi connectivity index (χ1n) is 12.1. The molecule has 1 heterocycles. The number of rotatable bonds is 7. The molecule has 1 aliphatic heterocycles. The second-order valence-corrected chi connectivity index (χ2v) is 8.89. The van der Waals surface area contributed by atoms with Crippen molar-refractivity contribution in [1.82, 2.24) is 0 Å². The van der Waals surface area contributed by atoms with E-state index in [1.807, 2.05) is 6.07 Å². The van der Waals surface area contributed by atoms with Crippen LogP contribution in [-0.2, 0) is 19.3 Å². The predicted octanol–water partition coefficient (Wildman–Crippen LogP) is 6.92. The summed E-state index contributed by atoms with van der Waals surface area (Å²) < 4.78 is 11.6. The lowest BCUT2D eigenvalue weighted by atomic mass is 9.93. The summed E-state index contributed by atoms with van der Waals surface area (Å²) in [6.07, 6.45) is 7.07. The van der Waals surface area contributed by atoms with Gasteiger partial charge in [-0.25, -0.2) is 0 Å². The first-order chi connectivity index (χ1) is 17.2. The molecule has 0 bridgehead atoms.